The summed E-state index contributed by atoms with van der Waals surface area (Å²) in [7, 11) is 0. The number of benzene rings is 1. The quantitative estimate of drug-likeness (QED) is 0.707. The molecule has 2 amide bonds. The molecule has 2 saturated heterocycles. The smallest absolute Gasteiger partial charge is 0.251 e. The lowest BCUT2D eigenvalue weighted by Gasteiger charge is -2.30. The van der Waals surface area contributed by atoms with Crippen molar-refractivity contribution in [3.8, 4) is 0 Å². The van der Waals surface area contributed by atoms with Crippen LogP contribution in [-0.4, -0.2) is 53.6 Å². The van der Waals surface area contributed by atoms with E-state index in [0.717, 1.165) is 25.0 Å². The van der Waals surface area contributed by atoms with E-state index in [4.69, 9.17) is 26.4 Å². The van der Waals surface area contributed by atoms with Crippen LogP contribution in [0.1, 0.15) is 28.8 Å². The highest BCUT2D eigenvalue weighted by Gasteiger charge is 2.38. The summed E-state index contributed by atoms with van der Waals surface area (Å²) in [5, 5.41) is 3.11. The molecule has 0 saturated carbocycles. The fourth-order valence-corrected chi connectivity index (χ4v) is 4.20. The first-order valence-electron chi connectivity index (χ1n) is 10.2. The van der Waals surface area contributed by atoms with Crippen molar-refractivity contribution in [2.75, 3.05) is 19.9 Å². The summed E-state index contributed by atoms with van der Waals surface area (Å²) in [6, 6.07) is 7.13. The second-order valence-electron chi connectivity index (χ2n) is 7.71. The molecule has 3 heterocycles. The van der Waals surface area contributed by atoms with Gasteiger partial charge in [-0.1, -0.05) is 12.1 Å². The first kappa shape index (κ1) is 19.9. The summed E-state index contributed by atoms with van der Waals surface area (Å²) in [4.78, 5) is 31.3. The van der Waals surface area contributed by atoms with Crippen LogP contribution in [0.15, 0.2) is 52.9 Å². The second kappa shape index (κ2) is 8.24. The van der Waals surface area contributed by atoms with E-state index in [9.17, 15) is 9.59 Å². The lowest BCUT2D eigenvalue weighted by Crippen LogP contribution is -2.45. The Kier molecular flexibility index (Phi) is 5.29. The number of nitrogens with zero attached hydrogens (tertiary/aromatic N) is 2. The minimum atomic E-state index is -0.546. The number of rotatable bonds is 5. The van der Waals surface area contributed by atoms with E-state index in [-0.39, 0.29) is 36.4 Å². The predicted molar refractivity (Wildman–Crippen MR) is 115 cm³/mol. The highest BCUT2D eigenvalue weighted by molar-refractivity contribution is 7.80. The molecule has 0 radical (unpaired) electrons. The number of ether oxygens (including phenoxy) is 3. The van der Waals surface area contributed by atoms with Gasteiger partial charge in [0.25, 0.3) is 5.91 Å². The van der Waals surface area contributed by atoms with Gasteiger partial charge in [0, 0.05) is 24.8 Å². The van der Waals surface area contributed by atoms with Gasteiger partial charge >= 0.3 is 0 Å². The molecule has 1 N–H and O–H groups in total. The number of amides is 2. The Bertz CT molecular complexity index is 1020. The van der Waals surface area contributed by atoms with Gasteiger partial charge in [-0.2, -0.15) is 0 Å². The van der Waals surface area contributed by atoms with Gasteiger partial charge in [-0.3, -0.25) is 14.5 Å². The maximum absolute atomic E-state index is 13.1. The van der Waals surface area contributed by atoms with E-state index in [2.05, 4.69) is 10.3 Å². The van der Waals surface area contributed by atoms with Crippen LogP contribution >= 0.6 is 12.2 Å². The minimum Gasteiger partial charge on any atom is -0.454 e. The van der Waals surface area contributed by atoms with Crippen LogP contribution in [-0.2, 0) is 25.5 Å². The highest BCUT2D eigenvalue weighted by atomic mass is 32.1. The Balaban J connectivity index is 1.25. The third-order valence-electron chi connectivity index (χ3n) is 5.65. The molecule has 0 spiro atoms. The van der Waals surface area contributed by atoms with Crippen molar-refractivity contribution in [2.24, 2.45) is 10.9 Å². The van der Waals surface area contributed by atoms with Crippen LogP contribution in [0.25, 0.3) is 0 Å². The fraction of sp³-hybridized carbons (Fsp3) is 0.364. The number of carbonyl (C=O) groups excluding carboxylic acids is 2. The Labute approximate surface area is 184 Å². The van der Waals surface area contributed by atoms with Gasteiger partial charge in [0.1, 0.15) is 5.92 Å². The van der Waals surface area contributed by atoms with Gasteiger partial charge in [-0.25, -0.2) is 4.99 Å². The number of hydrogen-bond acceptors (Lipinski definition) is 6. The summed E-state index contributed by atoms with van der Waals surface area (Å²) >= 11 is 5.37. The molecule has 2 unspecified atom stereocenters. The molecule has 0 aromatic heterocycles. The van der Waals surface area contributed by atoms with Gasteiger partial charge in [-0.15, -0.1) is 0 Å². The maximum Gasteiger partial charge on any atom is 0.251 e. The highest BCUT2D eigenvalue weighted by Crippen LogP contribution is 2.31. The zero-order valence-corrected chi connectivity index (χ0v) is 17.5. The Hall–Kier alpha value is -3.04. The summed E-state index contributed by atoms with van der Waals surface area (Å²) in [6.45, 7) is 1.68. The van der Waals surface area contributed by atoms with Gasteiger partial charge in [0.15, 0.2) is 11.5 Å². The number of nitrogens with one attached hydrogen (secondary N) is 1. The van der Waals surface area contributed by atoms with Gasteiger partial charge in [0.2, 0.25) is 17.8 Å². The molecule has 3 aliphatic heterocycles. The molecular weight excluding hydrogens is 418 g/mol. The van der Waals surface area contributed by atoms with Crippen molar-refractivity contribution >= 4 is 34.9 Å². The molecule has 9 heteroatoms. The number of hydrogen-bond donors (Lipinski definition) is 1. The van der Waals surface area contributed by atoms with Crippen molar-refractivity contribution in [3.63, 3.8) is 0 Å². The van der Waals surface area contributed by atoms with Crippen LogP contribution in [0.5, 0.6) is 0 Å². The molecule has 8 nitrogen and oxygen atoms in total. The first-order chi connectivity index (χ1) is 15.1. The van der Waals surface area contributed by atoms with Gasteiger partial charge in [0.05, 0.1) is 18.4 Å². The van der Waals surface area contributed by atoms with Crippen molar-refractivity contribution in [1.82, 2.24) is 10.2 Å². The normalized spacial score (nSPS) is 24.4. The SMILES string of the molecule is O=C(NCC1CCCO1)c1ccc(CN2C(=O)C3C=C4OCOC4=CC3=NC2=S)cc1. The molecule has 4 aliphatic rings. The topological polar surface area (TPSA) is 89.5 Å². The third-order valence-corrected chi connectivity index (χ3v) is 5.96. The third kappa shape index (κ3) is 3.98. The lowest BCUT2D eigenvalue weighted by molar-refractivity contribution is -0.129. The molecule has 160 valence electrons. The van der Waals surface area contributed by atoms with Crippen LogP contribution in [0.3, 0.4) is 0 Å². The molecule has 1 aromatic rings. The molecule has 5 rings (SSSR count). The summed E-state index contributed by atoms with van der Waals surface area (Å²) in [6.07, 6.45) is 5.54. The molecule has 1 aromatic carbocycles. The van der Waals surface area contributed by atoms with E-state index in [1.54, 1.807) is 24.3 Å². The summed E-state index contributed by atoms with van der Waals surface area (Å²) < 4.78 is 16.3. The standard InChI is InChI=1S/C22H21N3O5S/c26-20(23-10-15-2-1-7-28-15)14-5-3-13(4-6-14)11-25-21(27)16-8-18-19(30-12-29-18)9-17(16)24-22(25)31/h3-6,8-9,15-16H,1-2,7,10-12H2,(H,23,26). The zero-order chi connectivity index (χ0) is 21.4. The Morgan fingerprint density at radius 2 is 2.03 bits per heavy atom. The minimum absolute atomic E-state index is 0.0988. The second-order valence-corrected chi connectivity index (χ2v) is 8.07. The zero-order valence-electron chi connectivity index (χ0n) is 16.7. The molecule has 2 fully saturated rings. The van der Waals surface area contributed by atoms with E-state index < -0.39 is 5.92 Å². The van der Waals surface area contributed by atoms with Crippen molar-refractivity contribution < 1.29 is 23.8 Å². The monoisotopic (exact) mass is 439 g/mol. The van der Waals surface area contributed by atoms with Crippen LogP contribution in [0.2, 0.25) is 0 Å². The number of fused-ring (bicyclic) bond motifs is 2. The van der Waals surface area contributed by atoms with Crippen molar-refractivity contribution in [2.45, 2.75) is 25.5 Å². The Morgan fingerprint density at radius 1 is 1.23 bits per heavy atom. The molecule has 1 aliphatic carbocycles. The van der Waals surface area contributed by atoms with Crippen LogP contribution < -0.4 is 5.32 Å². The van der Waals surface area contributed by atoms with Crippen LogP contribution in [0.4, 0.5) is 0 Å². The molecular formula is C22H21N3O5S. The number of carbonyl (C=O) groups is 2. The van der Waals surface area contributed by atoms with E-state index in [0.29, 0.717) is 29.3 Å². The van der Waals surface area contributed by atoms with E-state index in [1.165, 1.54) is 4.90 Å². The average Bonchev–Trinajstić information content (AvgIpc) is 3.46. The largest absolute Gasteiger partial charge is 0.454 e. The maximum atomic E-state index is 13.1. The fourth-order valence-electron chi connectivity index (χ4n) is 3.94. The van der Waals surface area contributed by atoms with E-state index >= 15 is 0 Å². The van der Waals surface area contributed by atoms with Gasteiger partial charge in [-0.05, 0) is 48.8 Å². The number of thiocarbonyl (C=S) groups is 1. The summed E-state index contributed by atoms with van der Waals surface area (Å²) in [5.74, 6) is 0.286. The summed E-state index contributed by atoms with van der Waals surface area (Å²) in [5.41, 5.74) is 1.97. The molecule has 2 atom stereocenters. The average molecular weight is 439 g/mol. The van der Waals surface area contributed by atoms with Crippen molar-refractivity contribution in [1.29, 1.82) is 0 Å². The number of aliphatic imine (C=N–C) groups is 1. The van der Waals surface area contributed by atoms with E-state index in [1.807, 2.05) is 12.1 Å². The predicted octanol–water partition coefficient (Wildman–Crippen LogP) is 2.07. The molecule has 0 bridgehead atoms. The first-order valence-corrected chi connectivity index (χ1v) is 10.6. The van der Waals surface area contributed by atoms with Crippen molar-refractivity contribution in [3.05, 3.63) is 59.1 Å². The lowest BCUT2D eigenvalue weighted by atomic mass is 9.93. The van der Waals surface area contributed by atoms with Crippen LogP contribution in [0, 0.1) is 5.92 Å². The number of allylic oxidation sites excluding steroid dienone is 1. The van der Waals surface area contributed by atoms with Gasteiger partial charge < -0.3 is 19.5 Å². The Morgan fingerprint density at radius 3 is 2.81 bits per heavy atom. The molecule has 31 heavy (non-hydrogen) atoms.